The van der Waals surface area contributed by atoms with Crippen LogP contribution in [0, 0.1) is 0 Å². The van der Waals surface area contributed by atoms with Crippen molar-refractivity contribution < 1.29 is 19.1 Å². The van der Waals surface area contributed by atoms with E-state index in [0.717, 1.165) is 11.3 Å². The molecule has 0 saturated carbocycles. The normalized spacial score (nSPS) is 22.7. The molecule has 0 bridgehead atoms. The van der Waals surface area contributed by atoms with Crippen molar-refractivity contribution in [1.82, 2.24) is 19.6 Å². The second-order valence-corrected chi connectivity index (χ2v) is 7.51. The maximum absolute atomic E-state index is 13.3. The van der Waals surface area contributed by atoms with Crippen molar-refractivity contribution in [2.24, 2.45) is 4.99 Å². The summed E-state index contributed by atoms with van der Waals surface area (Å²) in [6, 6.07) is 8.63. The Balaban J connectivity index is 1.53. The quantitative estimate of drug-likeness (QED) is 0.648. The second-order valence-electron chi connectivity index (χ2n) is 7.51. The largest absolute Gasteiger partial charge is 0.465 e. The number of amides is 3. The number of imide groups is 1. The van der Waals surface area contributed by atoms with Gasteiger partial charge in [-0.2, -0.15) is 0 Å². The minimum atomic E-state index is -0.662. The summed E-state index contributed by atoms with van der Waals surface area (Å²) in [5.41, 5.74) is 1.78. The van der Waals surface area contributed by atoms with E-state index in [4.69, 9.17) is 4.74 Å². The van der Waals surface area contributed by atoms with Crippen LogP contribution in [0.4, 0.5) is 4.79 Å². The van der Waals surface area contributed by atoms with Gasteiger partial charge >= 0.3 is 12.0 Å². The Kier molecular flexibility index (Phi) is 5.50. The summed E-state index contributed by atoms with van der Waals surface area (Å²) in [5, 5.41) is 0. The van der Waals surface area contributed by atoms with Crippen molar-refractivity contribution in [3.63, 3.8) is 0 Å². The van der Waals surface area contributed by atoms with Gasteiger partial charge in [-0.3, -0.25) is 14.5 Å². The topological polar surface area (TPSA) is 85.8 Å². The predicted molar refractivity (Wildman–Crippen MR) is 114 cm³/mol. The van der Waals surface area contributed by atoms with Crippen LogP contribution in [0.3, 0.4) is 0 Å². The Morgan fingerprint density at radius 2 is 1.94 bits per heavy atom. The van der Waals surface area contributed by atoms with Crippen LogP contribution in [0.1, 0.15) is 19.4 Å². The molecule has 1 aromatic carbocycles. The van der Waals surface area contributed by atoms with Gasteiger partial charge in [-0.25, -0.2) is 9.79 Å². The zero-order chi connectivity index (χ0) is 22.1. The molecule has 2 atom stereocenters. The first-order chi connectivity index (χ1) is 14.9. The van der Waals surface area contributed by atoms with Gasteiger partial charge in [-0.15, -0.1) is 0 Å². The van der Waals surface area contributed by atoms with Crippen LogP contribution in [-0.2, 0) is 14.3 Å². The van der Waals surface area contributed by atoms with Gasteiger partial charge in [0.25, 0.3) is 5.91 Å². The molecular weight excluding hydrogens is 398 g/mol. The fraction of sp³-hybridized carbons (Fsp3) is 0.364. The third-order valence-electron chi connectivity index (χ3n) is 5.49. The highest BCUT2D eigenvalue weighted by Crippen LogP contribution is 2.33. The lowest BCUT2D eigenvalue weighted by molar-refractivity contribution is -0.143. The van der Waals surface area contributed by atoms with E-state index in [1.807, 2.05) is 43.3 Å². The van der Waals surface area contributed by atoms with Gasteiger partial charge in [0.15, 0.2) is 12.2 Å². The van der Waals surface area contributed by atoms with Gasteiger partial charge in [0.1, 0.15) is 6.54 Å². The summed E-state index contributed by atoms with van der Waals surface area (Å²) in [6.45, 7) is 4.05. The zero-order valence-corrected chi connectivity index (χ0v) is 17.8. The van der Waals surface area contributed by atoms with Crippen LogP contribution in [0.25, 0.3) is 6.08 Å². The maximum atomic E-state index is 13.3. The molecule has 9 nitrogen and oxygen atoms in total. The molecule has 1 fully saturated rings. The number of allylic oxidation sites excluding steroid dienone is 1. The number of hydrogen-bond donors (Lipinski definition) is 0. The van der Waals surface area contributed by atoms with E-state index in [9.17, 15) is 14.4 Å². The zero-order valence-electron chi connectivity index (χ0n) is 17.8. The van der Waals surface area contributed by atoms with Crippen LogP contribution in [0.15, 0.2) is 53.3 Å². The molecule has 0 N–H and O–H groups in total. The number of hydrogen-bond acceptors (Lipinski definition) is 7. The number of urea groups is 1. The lowest BCUT2D eigenvalue weighted by Gasteiger charge is -2.39. The number of carbonyl (C=O) groups is 3. The molecule has 0 spiro atoms. The number of carbonyl (C=O) groups excluding carboxylic acids is 3. The summed E-state index contributed by atoms with van der Waals surface area (Å²) in [4.78, 5) is 48.9. The summed E-state index contributed by atoms with van der Waals surface area (Å²) < 4.78 is 5.05. The lowest BCUT2D eigenvalue weighted by atomic mass is 10.1. The van der Waals surface area contributed by atoms with Gasteiger partial charge in [-0.05, 0) is 19.4 Å². The SMILES string of the molecule is CCOC(=O)CN1C(C)=CN2C1=NC1C2C(=O)N(C/C=C/c2ccccc2)C(=O)N1C. The number of rotatable bonds is 6. The number of ether oxygens (including phenoxy) is 1. The molecule has 4 rings (SSSR count). The predicted octanol–water partition coefficient (Wildman–Crippen LogP) is 1.70. The Hall–Kier alpha value is -3.62. The first-order valence-corrected chi connectivity index (χ1v) is 10.2. The molecule has 162 valence electrons. The number of esters is 1. The van der Waals surface area contributed by atoms with Gasteiger partial charge in [0.2, 0.25) is 5.96 Å². The average Bonchev–Trinajstić information content (AvgIpc) is 3.26. The summed E-state index contributed by atoms with van der Waals surface area (Å²) in [7, 11) is 1.64. The lowest BCUT2D eigenvalue weighted by Crippen LogP contribution is -2.64. The van der Waals surface area contributed by atoms with E-state index in [-0.39, 0.29) is 31.6 Å². The molecule has 3 aliphatic heterocycles. The van der Waals surface area contributed by atoms with Gasteiger partial charge in [0.05, 0.1) is 6.61 Å². The smallest absolute Gasteiger partial charge is 0.328 e. The third kappa shape index (κ3) is 3.67. The van der Waals surface area contributed by atoms with Crippen LogP contribution in [-0.4, -0.2) is 82.4 Å². The highest BCUT2D eigenvalue weighted by atomic mass is 16.5. The van der Waals surface area contributed by atoms with E-state index < -0.39 is 18.2 Å². The third-order valence-corrected chi connectivity index (χ3v) is 5.49. The van der Waals surface area contributed by atoms with Crippen LogP contribution in [0.5, 0.6) is 0 Å². The molecule has 2 unspecified atom stereocenters. The molecule has 0 aliphatic carbocycles. The number of nitrogens with zero attached hydrogens (tertiary/aromatic N) is 5. The summed E-state index contributed by atoms with van der Waals surface area (Å²) in [6.07, 6.45) is 4.83. The number of likely N-dealkylation sites (N-methyl/N-ethyl adjacent to an activating group) is 1. The number of benzene rings is 1. The molecule has 1 saturated heterocycles. The average molecular weight is 423 g/mol. The first-order valence-electron chi connectivity index (χ1n) is 10.2. The van der Waals surface area contributed by atoms with Crippen molar-refractivity contribution in [3.05, 3.63) is 53.9 Å². The van der Waals surface area contributed by atoms with Crippen molar-refractivity contribution in [2.45, 2.75) is 26.1 Å². The Morgan fingerprint density at radius 1 is 1.19 bits per heavy atom. The van der Waals surface area contributed by atoms with Crippen molar-refractivity contribution in [2.75, 3.05) is 26.7 Å². The Bertz CT molecular complexity index is 987. The Labute approximate surface area is 180 Å². The molecule has 31 heavy (non-hydrogen) atoms. The molecule has 0 aromatic heterocycles. The number of guanidine groups is 1. The van der Waals surface area contributed by atoms with Gasteiger partial charge < -0.3 is 19.4 Å². The first kappa shape index (κ1) is 20.6. The molecule has 3 amide bonds. The van der Waals surface area contributed by atoms with E-state index in [1.54, 1.807) is 36.0 Å². The monoisotopic (exact) mass is 423 g/mol. The maximum Gasteiger partial charge on any atom is 0.328 e. The van der Waals surface area contributed by atoms with Crippen molar-refractivity contribution in [1.29, 1.82) is 0 Å². The van der Waals surface area contributed by atoms with E-state index in [2.05, 4.69) is 4.99 Å². The van der Waals surface area contributed by atoms with Crippen molar-refractivity contribution >= 4 is 29.9 Å². The Morgan fingerprint density at radius 3 is 2.65 bits per heavy atom. The van der Waals surface area contributed by atoms with Gasteiger partial charge in [-0.1, -0.05) is 42.5 Å². The van der Waals surface area contributed by atoms with Gasteiger partial charge in [0, 0.05) is 25.5 Å². The van der Waals surface area contributed by atoms with Crippen molar-refractivity contribution in [3.8, 4) is 0 Å². The fourth-order valence-electron chi connectivity index (χ4n) is 3.96. The van der Waals surface area contributed by atoms with E-state index in [1.165, 1.54) is 9.80 Å². The van der Waals surface area contributed by atoms with E-state index in [0.29, 0.717) is 5.96 Å². The molecular formula is C22H25N5O4. The molecule has 3 aliphatic rings. The second kappa shape index (κ2) is 8.25. The van der Waals surface area contributed by atoms with Crippen LogP contribution >= 0.6 is 0 Å². The molecule has 3 heterocycles. The molecule has 9 heteroatoms. The molecule has 0 radical (unpaired) electrons. The number of fused-ring (bicyclic) bond motifs is 3. The minimum Gasteiger partial charge on any atom is -0.465 e. The summed E-state index contributed by atoms with van der Waals surface area (Å²) >= 11 is 0. The highest BCUT2D eigenvalue weighted by molar-refractivity contribution is 6.05. The van der Waals surface area contributed by atoms with Crippen LogP contribution in [0.2, 0.25) is 0 Å². The minimum absolute atomic E-state index is 0.000323. The van der Waals surface area contributed by atoms with Crippen LogP contribution < -0.4 is 0 Å². The number of aliphatic imine (C=N–C) groups is 1. The standard InChI is InChI=1S/C22H25N5O4/c1-4-31-17(28)14-26-15(2)13-27-18-19(23-21(26)27)24(3)22(30)25(20(18)29)12-8-11-16-9-6-5-7-10-16/h5-11,13,18-19H,4,12,14H2,1-3H3/b11-8+. The highest BCUT2D eigenvalue weighted by Gasteiger charge is 2.54. The molecule has 1 aromatic rings. The van der Waals surface area contributed by atoms with E-state index >= 15 is 0 Å². The fourth-order valence-corrected chi connectivity index (χ4v) is 3.96. The summed E-state index contributed by atoms with van der Waals surface area (Å²) in [5.74, 6) is -0.208.